The highest BCUT2D eigenvalue weighted by atomic mass is 16.2. The van der Waals surface area contributed by atoms with Gasteiger partial charge in [-0.1, -0.05) is 13.8 Å². The second-order valence-electron chi connectivity index (χ2n) is 4.92. The average molecular weight is 271 g/mol. The van der Waals surface area contributed by atoms with Gasteiger partial charge in [0.2, 0.25) is 11.8 Å². The molecule has 0 fully saturated rings. The third-order valence-corrected chi connectivity index (χ3v) is 4.03. The van der Waals surface area contributed by atoms with Crippen LogP contribution in [0.5, 0.6) is 0 Å². The first-order chi connectivity index (χ1) is 8.92. The fourth-order valence-electron chi connectivity index (χ4n) is 2.28. The molecule has 0 saturated carbocycles. The predicted octanol–water partition coefficient (Wildman–Crippen LogP) is 1.08. The van der Waals surface area contributed by atoms with Gasteiger partial charge in [-0.2, -0.15) is 0 Å². The van der Waals surface area contributed by atoms with Crippen LogP contribution in [0.1, 0.15) is 40.5 Å². The van der Waals surface area contributed by atoms with Crippen molar-refractivity contribution in [1.82, 2.24) is 9.80 Å². The lowest BCUT2D eigenvalue weighted by atomic mass is 9.81. The molecule has 0 aliphatic heterocycles. The highest BCUT2D eigenvalue weighted by Gasteiger charge is 2.36. The normalized spacial score (nSPS) is 11.3. The lowest BCUT2D eigenvalue weighted by Crippen LogP contribution is -2.49. The minimum atomic E-state index is -0.529. The van der Waals surface area contributed by atoms with Gasteiger partial charge < -0.3 is 15.5 Å². The zero-order valence-electron chi connectivity index (χ0n) is 13.0. The fourth-order valence-corrected chi connectivity index (χ4v) is 2.28. The second kappa shape index (κ2) is 8.15. The van der Waals surface area contributed by atoms with E-state index in [4.69, 9.17) is 5.73 Å². The number of nitrogens with two attached hydrogens (primary N) is 1. The molecule has 0 saturated heterocycles. The van der Waals surface area contributed by atoms with Crippen LogP contribution in [0.25, 0.3) is 0 Å². The molecule has 112 valence electrons. The number of carbonyl (C=O) groups is 2. The Balaban J connectivity index is 4.78. The first-order valence-electron chi connectivity index (χ1n) is 7.15. The lowest BCUT2D eigenvalue weighted by Gasteiger charge is -2.33. The summed E-state index contributed by atoms with van der Waals surface area (Å²) < 4.78 is 0. The van der Waals surface area contributed by atoms with E-state index in [0.29, 0.717) is 32.5 Å². The zero-order chi connectivity index (χ0) is 15.1. The Hall–Kier alpha value is -1.10. The Morgan fingerprint density at radius 2 is 1.53 bits per heavy atom. The monoisotopic (exact) mass is 271 g/mol. The summed E-state index contributed by atoms with van der Waals surface area (Å²) in [5.74, 6) is -0.0421. The number of carbonyl (C=O) groups excluding carboxylic acids is 2. The molecule has 5 heteroatoms. The first kappa shape index (κ1) is 17.9. The van der Waals surface area contributed by atoms with E-state index in [9.17, 15) is 9.59 Å². The maximum atomic E-state index is 12.5. The van der Waals surface area contributed by atoms with Crippen molar-refractivity contribution in [3.63, 3.8) is 0 Å². The molecule has 0 aromatic carbocycles. The standard InChI is InChI=1S/C14H29N3O2/c1-6-14(7-2,11-15)13(19)16(5)10-12(18)17(8-3)9-4/h6-11,15H2,1-5H3. The van der Waals surface area contributed by atoms with Crippen LogP contribution in [-0.2, 0) is 9.59 Å². The summed E-state index contributed by atoms with van der Waals surface area (Å²) >= 11 is 0. The summed E-state index contributed by atoms with van der Waals surface area (Å²) in [7, 11) is 1.68. The van der Waals surface area contributed by atoms with Gasteiger partial charge in [0.15, 0.2) is 0 Å². The van der Waals surface area contributed by atoms with Crippen molar-refractivity contribution < 1.29 is 9.59 Å². The van der Waals surface area contributed by atoms with Crippen LogP contribution in [0, 0.1) is 5.41 Å². The Labute approximate surface area is 117 Å². The van der Waals surface area contributed by atoms with Crippen molar-refractivity contribution in [3.05, 3.63) is 0 Å². The molecule has 2 N–H and O–H groups in total. The van der Waals surface area contributed by atoms with Crippen LogP contribution in [0.4, 0.5) is 0 Å². The van der Waals surface area contributed by atoms with Gasteiger partial charge in [-0.25, -0.2) is 0 Å². The van der Waals surface area contributed by atoms with E-state index in [0.717, 1.165) is 0 Å². The maximum absolute atomic E-state index is 12.5. The summed E-state index contributed by atoms with van der Waals surface area (Å²) in [5, 5.41) is 0. The molecular weight excluding hydrogens is 242 g/mol. The number of rotatable bonds is 8. The molecule has 0 bridgehead atoms. The molecule has 0 aromatic rings. The van der Waals surface area contributed by atoms with Gasteiger partial charge in [0, 0.05) is 26.7 Å². The van der Waals surface area contributed by atoms with E-state index in [1.54, 1.807) is 11.9 Å². The minimum Gasteiger partial charge on any atom is -0.342 e. The Morgan fingerprint density at radius 3 is 1.84 bits per heavy atom. The molecule has 0 rings (SSSR count). The van der Waals surface area contributed by atoms with Gasteiger partial charge in [0.1, 0.15) is 0 Å². The van der Waals surface area contributed by atoms with Gasteiger partial charge in [-0.05, 0) is 26.7 Å². The highest BCUT2D eigenvalue weighted by Crippen LogP contribution is 2.27. The summed E-state index contributed by atoms with van der Waals surface area (Å²) in [6, 6.07) is 0. The second-order valence-corrected chi connectivity index (χ2v) is 4.92. The van der Waals surface area contributed by atoms with E-state index in [1.807, 2.05) is 27.7 Å². The van der Waals surface area contributed by atoms with Crippen LogP contribution >= 0.6 is 0 Å². The number of nitrogens with zero attached hydrogens (tertiary/aromatic N) is 2. The fraction of sp³-hybridized carbons (Fsp3) is 0.857. The molecular formula is C14H29N3O2. The van der Waals surface area contributed by atoms with Crippen molar-refractivity contribution >= 4 is 11.8 Å². The van der Waals surface area contributed by atoms with E-state index < -0.39 is 5.41 Å². The number of hydrogen-bond donors (Lipinski definition) is 1. The van der Waals surface area contributed by atoms with Gasteiger partial charge in [-0.3, -0.25) is 9.59 Å². The molecule has 5 nitrogen and oxygen atoms in total. The quantitative estimate of drug-likeness (QED) is 0.718. The largest absolute Gasteiger partial charge is 0.342 e. The Morgan fingerprint density at radius 1 is 1.05 bits per heavy atom. The third kappa shape index (κ3) is 4.20. The lowest BCUT2D eigenvalue weighted by molar-refractivity contribution is -0.146. The van der Waals surface area contributed by atoms with E-state index >= 15 is 0 Å². The topological polar surface area (TPSA) is 66.6 Å². The third-order valence-electron chi connectivity index (χ3n) is 4.03. The van der Waals surface area contributed by atoms with E-state index in [2.05, 4.69) is 0 Å². The first-order valence-corrected chi connectivity index (χ1v) is 7.15. The molecule has 0 unspecified atom stereocenters. The number of hydrogen-bond acceptors (Lipinski definition) is 3. The molecule has 0 atom stereocenters. The van der Waals surface area contributed by atoms with Gasteiger partial charge in [0.25, 0.3) is 0 Å². The van der Waals surface area contributed by atoms with Crippen LogP contribution < -0.4 is 5.73 Å². The van der Waals surface area contributed by atoms with Gasteiger partial charge >= 0.3 is 0 Å². The summed E-state index contributed by atoms with van der Waals surface area (Å²) in [6.45, 7) is 9.59. The minimum absolute atomic E-state index is 0.0148. The van der Waals surface area contributed by atoms with Gasteiger partial charge in [0.05, 0.1) is 12.0 Å². The van der Waals surface area contributed by atoms with Gasteiger partial charge in [-0.15, -0.1) is 0 Å². The van der Waals surface area contributed by atoms with Crippen LogP contribution in [0.2, 0.25) is 0 Å². The van der Waals surface area contributed by atoms with Crippen LogP contribution in [0.15, 0.2) is 0 Å². The van der Waals surface area contributed by atoms with Crippen LogP contribution in [-0.4, -0.2) is 54.8 Å². The SMILES string of the molecule is CCN(CC)C(=O)CN(C)C(=O)C(CC)(CC)CN. The summed E-state index contributed by atoms with van der Waals surface area (Å²) in [5.41, 5.74) is 5.24. The average Bonchev–Trinajstić information content (AvgIpc) is 2.42. The molecule has 0 aliphatic rings. The molecule has 2 amide bonds. The van der Waals surface area contributed by atoms with Crippen molar-refractivity contribution in [2.75, 3.05) is 33.2 Å². The number of amides is 2. The summed E-state index contributed by atoms with van der Waals surface area (Å²) in [6.07, 6.45) is 1.39. The van der Waals surface area contributed by atoms with Crippen LogP contribution in [0.3, 0.4) is 0 Å². The molecule has 0 aromatic heterocycles. The Kier molecular flexibility index (Phi) is 7.68. The van der Waals surface area contributed by atoms with Crippen molar-refractivity contribution in [1.29, 1.82) is 0 Å². The maximum Gasteiger partial charge on any atom is 0.242 e. The Bertz CT molecular complexity index is 289. The number of likely N-dealkylation sites (N-methyl/N-ethyl adjacent to an activating group) is 2. The molecule has 0 heterocycles. The van der Waals surface area contributed by atoms with Crippen molar-refractivity contribution in [3.8, 4) is 0 Å². The van der Waals surface area contributed by atoms with Crippen molar-refractivity contribution in [2.45, 2.75) is 40.5 Å². The molecule has 0 spiro atoms. The highest BCUT2D eigenvalue weighted by molar-refractivity contribution is 5.88. The molecule has 19 heavy (non-hydrogen) atoms. The summed E-state index contributed by atoms with van der Waals surface area (Å²) in [4.78, 5) is 27.7. The van der Waals surface area contributed by atoms with Crippen molar-refractivity contribution in [2.24, 2.45) is 11.1 Å². The zero-order valence-corrected chi connectivity index (χ0v) is 13.0. The predicted molar refractivity (Wildman–Crippen MR) is 77.6 cm³/mol. The molecule has 0 radical (unpaired) electrons. The van der Waals surface area contributed by atoms with E-state index in [1.165, 1.54) is 4.90 Å². The van der Waals surface area contributed by atoms with E-state index in [-0.39, 0.29) is 18.4 Å². The smallest absolute Gasteiger partial charge is 0.242 e. The molecule has 0 aliphatic carbocycles.